The number of carbonyl (C=O) groups is 1. The number of aromatic nitrogens is 2. The van der Waals surface area contributed by atoms with E-state index in [1.807, 2.05) is 30.5 Å². The predicted octanol–water partition coefficient (Wildman–Crippen LogP) is 2.33. The van der Waals surface area contributed by atoms with E-state index in [2.05, 4.69) is 20.4 Å². The average molecular weight is 340 g/mol. The highest BCUT2D eigenvalue weighted by molar-refractivity contribution is 5.79. The molecule has 25 heavy (non-hydrogen) atoms. The Bertz CT molecular complexity index is 764. The first-order valence-electron chi connectivity index (χ1n) is 8.89. The first kappa shape index (κ1) is 16.1. The topological polar surface area (TPSA) is 70.2 Å². The van der Waals surface area contributed by atoms with E-state index in [4.69, 9.17) is 4.74 Å². The number of nitrogens with zero attached hydrogens (tertiary/aromatic N) is 2. The molecule has 2 fully saturated rings. The fraction of sp³-hybridized carbons (Fsp3) is 0.474. The van der Waals surface area contributed by atoms with Gasteiger partial charge in [-0.25, -0.2) is 0 Å². The highest BCUT2D eigenvalue weighted by atomic mass is 16.5. The van der Waals surface area contributed by atoms with Crippen LogP contribution in [0.25, 0.3) is 11.3 Å². The van der Waals surface area contributed by atoms with Gasteiger partial charge in [-0.15, -0.1) is 0 Å². The lowest BCUT2D eigenvalue weighted by molar-refractivity contribution is -0.128. The molecule has 6 nitrogen and oxygen atoms in total. The minimum atomic E-state index is 0.100. The summed E-state index contributed by atoms with van der Waals surface area (Å²) in [5.41, 5.74) is 3.17. The van der Waals surface area contributed by atoms with Crippen molar-refractivity contribution in [3.05, 3.63) is 36.0 Å². The standard InChI is InChI=1S/C19H24N4O2/c1-25-16-7-3-2-6-15(16)18-14(10-21-22-18)11-23-12-17(24)20-13-19(23)8-4-5-9-19/h2-3,6-7,10H,4-5,8-9,11-13H2,1H3,(H,20,24)(H,21,22). The monoisotopic (exact) mass is 340 g/mol. The first-order valence-corrected chi connectivity index (χ1v) is 8.89. The van der Waals surface area contributed by atoms with Crippen LogP contribution in [0.4, 0.5) is 0 Å². The van der Waals surface area contributed by atoms with Gasteiger partial charge in [0.2, 0.25) is 5.91 Å². The molecular weight excluding hydrogens is 316 g/mol. The predicted molar refractivity (Wildman–Crippen MR) is 95.2 cm³/mol. The van der Waals surface area contributed by atoms with Crippen LogP contribution in [0.5, 0.6) is 5.75 Å². The number of carbonyl (C=O) groups excluding carboxylic acids is 1. The van der Waals surface area contributed by atoms with Crippen LogP contribution in [0.2, 0.25) is 0 Å². The molecule has 2 N–H and O–H groups in total. The second kappa shape index (κ2) is 6.52. The van der Waals surface area contributed by atoms with Crippen LogP contribution >= 0.6 is 0 Å². The van der Waals surface area contributed by atoms with Gasteiger partial charge in [-0.2, -0.15) is 5.10 Å². The molecule has 6 heteroatoms. The third-order valence-corrected chi connectivity index (χ3v) is 5.61. The lowest BCUT2D eigenvalue weighted by Gasteiger charge is -2.44. The van der Waals surface area contributed by atoms with Crippen molar-refractivity contribution in [1.29, 1.82) is 0 Å². The number of piperazine rings is 1. The maximum absolute atomic E-state index is 12.0. The summed E-state index contributed by atoms with van der Waals surface area (Å²) in [6.45, 7) is 1.93. The lowest BCUT2D eigenvalue weighted by Crippen LogP contribution is -2.61. The molecule has 1 aliphatic heterocycles. The number of amides is 1. The Morgan fingerprint density at radius 1 is 1.28 bits per heavy atom. The molecule has 132 valence electrons. The molecule has 4 rings (SSSR count). The SMILES string of the molecule is COc1ccccc1-c1[nH]ncc1CN1CC(=O)NCC12CCCC2. The Morgan fingerprint density at radius 2 is 2.08 bits per heavy atom. The van der Waals surface area contributed by atoms with Gasteiger partial charge < -0.3 is 10.1 Å². The fourth-order valence-electron chi connectivity index (χ4n) is 4.24. The number of hydrogen-bond donors (Lipinski definition) is 2. The number of hydrogen-bond acceptors (Lipinski definition) is 4. The smallest absolute Gasteiger partial charge is 0.234 e. The molecule has 0 atom stereocenters. The zero-order chi connectivity index (χ0) is 17.3. The summed E-state index contributed by atoms with van der Waals surface area (Å²) in [5.74, 6) is 0.930. The van der Waals surface area contributed by atoms with Crippen molar-refractivity contribution in [2.45, 2.75) is 37.8 Å². The van der Waals surface area contributed by atoms with Crippen LogP contribution in [0.1, 0.15) is 31.2 Å². The molecule has 1 aromatic heterocycles. The molecular formula is C19H24N4O2. The van der Waals surface area contributed by atoms with Crippen LogP contribution < -0.4 is 10.1 Å². The minimum absolute atomic E-state index is 0.100. The number of nitrogens with one attached hydrogen (secondary N) is 2. The highest BCUT2D eigenvalue weighted by Crippen LogP contribution is 2.38. The van der Waals surface area contributed by atoms with Gasteiger partial charge in [-0.3, -0.25) is 14.8 Å². The maximum atomic E-state index is 12.0. The van der Waals surface area contributed by atoms with E-state index in [1.54, 1.807) is 7.11 Å². The van der Waals surface area contributed by atoms with Gasteiger partial charge in [-0.05, 0) is 25.0 Å². The summed E-state index contributed by atoms with van der Waals surface area (Å²) >= 11 is 0. The Labute approximate surface area is 147 Å². The van der Waals surface area contributed by atoms with E-state index in [1.165, 1.54) is 12.8 Å². The molecule has 0 bridgehead atoms. The zero-order valence-corrected chi connectivity index (χ0v) is 14.5. The van der Waals surface area contributed by atoms with Crippen molar-refractivity contribution in [2.75, 3.05) is 20.2 Å². The van der Waals surface area contributed by atoms with Gasteiger partial charge in [0.1, 0.15) is 5.75 Å². The van der Waals surface area contributed by atoms with Crippen molar-refractivity contribution in [3.8, 4) is 17.0 Å². The van der Waals surface area contributed by atoms with Gasteiger partial charge in [0.05, 0.1) is 25.5 Å². The number of benzene rings is 1. The Balaban J connectivity index is 1.65. The Kier molecular flexibility index (Phi) is 4.21. The molecule has 0 radical (unpaired) electrons. The summed E-state index contributed by atoms with van der Waals surface area (Å²) in [6, 6.07) is 7.94. The summed E-state index contributed by atoms with van der Waals surface area (Å²) in [6.07, 6.45) is 6.63. The Hall–Kier alpha value is -2.34. The lowest BCUT2D eigenvalue weighted by atomic mass is 9.91. The van der Waals surface area contributed by atoms with Crippen molar-refractivity contribution >= 4 is 5.91 Å². The fourth-order valence-corrected chi connectivity index (χ4v) is 4.24. The quantitative estimate of drug-likeness (QED) is 0.896. The van der Waals surface area contributed by atoms with E-state index in [0.29, 0.717) is 6.54 Å². The second-order valence-corrected chi connectivity index (χ2v) is 7.03. The minimum Gasteiger partial charge on any atom is -0.496 e. The first-order chi connectivity index (χ1) is 12.2. The van der Waals surface area contributed by atoms with Gasteiger partial charge in [-0.1, -0.05) is 25.0 Å². The second-order valence-electron chi connectivity index (χ2n) is 7.03. The van der Waals surface area contributed by atoms with Gasteiger partial charge in [0.15, 0.2) is 0 Å². The van der Waals surface area contributed by atoms with E-state index in [9.17, 15) is 4.79 Å². The summed E-state index contributed by atoms with van der Waals surface area (Å²) in [4.78, 5) is 14.4. The molecule has 0 unspecified atom stereocenters. The molecule has 1 aromatic carbocycles. The van der Waals surface area contributed by atoms with Gasteiger partial charge >= 0.3 is 0 Å². The number of aromatic amines is 1. The molecule has 1 spiro atoms. The van der Waals surface area contributed by atoms with Crippen LogP contribution in [0.15, 0.2) is 30.5 Å². The van der Waals surface area contributed by atoms with Crippen molar-refractivity contribution in [2.24, 2.45) is 0 Å². The van der Waals surface area contributed by atoms with Crippen molar-refractivity contribution in [3.63, 3.8) is 0 Å². The largest absolute Gasteiger partial charge is 0.496 e. The number of ether oxygens (including phenoxy) is 1. The third-order valence-electron chi connectivity index (χ3n) is 5.61. The molecule has 2 heterocycles. The van der Waals surface area contributed by atoms with Crippen LogP contribution in [0.3, 0.4) is 0 Å². The van der Waals surface area contributed by atoms with Crippen molar-refractivity contribution in [1.82, 2.24) is 20.4 Å². The van der Waals surface area contributed by atoms with E-state index in [-0.39, 0.29) is 11.4 Å². The average Bonchev–Trinajstić information content (AvgIpc) is 3.28. The highest BCUT2D eigenvalue weighted by Gasteiger charge is 2.43. The molecule has 2 aliphatic rings. The molecule has 1 saturated heterocycles. The van der Waals surface area contributed by atoms with Crippen LogP contribution in [-0.4, -0.2) is 46.7 Å². The zero-order valence-electron chi connectivity index (χ0n) is 14.5. The Morgan fingerprint density at radius 3 is 2.88 bits per heavy atom. The number of para-hydroxylation sites is 1. The number of methoxy groups -OCH3 is 1. The molecule has 1 saturated carbocycles. The van der Waals surface area contributed by atoms with Crippen molar-refractivity contribution < 1.29 is 9.53 Å². The third kappa shape index (κ3) is 2.91. The maximum Gasteiger partial charge on any atom is 0.234 e. The number of rotatable bonds is 4. The summed E-state index contributed by atoms with van der Waals surface area (Å²) in [7, 11) is 1.68. The van der Waals surface area contributed by atoms with Crippen LogP contribution in [0, 0.1) is 0 Å². The summed E-state index contributed by atoms with van der Waals surface area (Å²) in [5, 5.41) is 10.4. The van der Waals surface area contributed by atoms with Crippen LogP contribution in [-0.2, 0) is 11.3 Å². The molecule has 1 aliphatic carbocycles. The van der Waals surface area contributed by atoms with E-state index in [0.717, 1.165) is 48.5 Å². The number of H-pyrrole nitrogens is 1. The van der Waals surface area contributed by atoms with E-state index < -0.39 is 0 Å². The molecule has 2 aromatic rings. The van der Waals surface area contributed by atoms with Gasteiger partial charge in [0, 0.05) is 29.8 Å². The molecule has 1 amide bonds. The van der Waals surface area contributed by atoms with Gasteiger partial charge in [0.25, 0.3) is 0 Å². The normalized spacial score (nSPS) is 20.0. The van der Waals surface area contributed by atoms with E-state index >= 15 is 0 Å². The summed E-state index contributed by atoms with van der Waals surface area (Å²) < 4.78 is 5.50.